The third-order valence-corrected chi connectivity index (χ3v) is 9.69. The van der Waals surface area contributed by atoms with Gasteiger partial charge in [-0.1, -0.05) is 12.1 Å². The molecule has 0 radical (unpaired) electrons. The van der Waals surface area contributed by atoms with Gasteiger partial charge in [-0.05, 0) is 59.2 Å². The van der Waals surface area contributed by atoms with Gasteiger partial charge in [0.15, 0.2) is 23.0 Å². The fourth-order valence-electron chi connectivity index (χ4n) is 6.78. The molecule has 0 unspecified atom stereocenters. The maximum atomic E-state index is 13.7. The Labute approximate surface area is 328 Å². The number of hydrogen-bond acceptors (Lipinski definition) is 11. The largest absolute Gasteiger partial charge is 0.493 e. The number of hydrogen-bond donors (Lipinski definition) is 3. The first-order valence-electron chi connectivity index (χ1n) is 18.0. The van der Waals surface area contributed by atoms with E-state index >= 15 is 0 Å². The highest BCUT2D eigenvalue weighted by Crippen LogP contribution is 2.32. The molecule has 0 spiro atoms. The maximum absolute atomic E-state index is 13.7. The zero-order valence-corrected chi connectivity index (χ0v) is 31.5. The molecule has 0 aliphatic carbocycles. The number of nitrogens with one attached hydrogen (secondary N) is 2. The number of methoxy groups -OCH3 is 3. The zero-order valence-electron chi connectivity index (χ0n) is 31.5. The molecular weight excluding hydrogens is 749 g/mol. The fraction of sp³-hybridized carbons (Fsp3) is 0.163. The molecule has 1 aliphatic heterocycles. The third-order valence-electron chi connectivity index (χ3n) is 9.69. The molecule has 4 aromatic carbocycles. The van der Waals surface area contributed by atoms with E-state index in [-0.39, 0.29) is 22.4 Å². The number of pyridine rings is 2. The topological polar surface area (TPSA) is 180 Å². The van der Waals surface area contributed by atoms with E-state index in [1.54, 1.807) is 43.5 Å². The van der Waals surface area contributed by atoms with Crippen molar-refractivity contribution in [3.05, 3.63) is 146 Å². The van der Waals surface area contributed by atoms with Crippen LogP contribution in [0.25, 0.3) is 44.0 Å². The summed E-state index contributed by atoms with van der Waals surface area (Å²) in [4.78, 5) is 48.6. The van der Waals surface area contributed by atoms with Crippen LogP contribution in [-0.4, -0.2) is 57.8 Å². The Balaban J connectivity index is 0.000000163. The number of H-pyrrole nitrogens is 2. The number of nitrogens with two attached hydrogens (primary N) is 1. The number of nitrogens with zero attached hydrogens (tertiary/aromatic N) is 4. The molecule has 9 rings (SSSR count). The third kappa shape index (κ3) is 7.56. The van der Waals surface area contributed by atoms with Gasteiger partial charge in [-0.2, -0.15) is 0 Å². The van der Waals surface area contributed by atoms with E-state index in [1.807, 2.05) is 12.3 Å². The number of halogens is 2. The Morgan fingerprint density at radius 2 is 1.47 bits per heavy atom. The summed E-state index contributed by atoms with van der Waals surface area (Å²) in [5.74, 6) is 1.46. The van der Waals surface area contributed by atoms with Crippen LogP contribution in [0.15, 0.2) is 94.8 Å². The van der Waals surface area contributed by atoms with Crippen molar-refractivity contribution in [1.82, 2.24) is 29.9 Å². The first-order chi connectivity index (χ1) is 28.1. The molecular formula is C43H35F2N7O6. The van der Waals surface area contributed by atoms with Gasteiger partial charge in [-0.15, -0.1) is 0 Å². The molecule has 0 atom stereocenters. The van der Waals surface area contributed by atoms with Gasteiger partial charge in [0.2, 0.25) is 0 Å². The predicted octanol–water partition coefficient (Wildman–Crippen LogP) is 6.46. The molecule has 0 saturated heterocycles. The molecule has 15 heteroatoms. The molecule has 1 aliphatic rings. The lowest BCUT2D eigenvalue weighted by Crippen LogP contribution is -2.13. The molecule has 0 amide bonds. The lowest BCUT2D eigenvalue weighted by molar-refractivity contribution is 0.298. The molecule has 8 aromatic rings. The summed E-state index contributed by atoms with van der Waals surface area (Å²) >= 11 is 0. The summed E-state index contributed by atoms with van der Waals surface area (Å²) in [6.45, 7) is 0.497. The van der Waals surface area contributed by atoms with Crippen LogP contribution in [0.2, 0.25) is 0 Å². The summed E-state index contributed by atoms with van der Waals surface area (Å²) in [6.07, 6.45) is 4.92. The number of aromatic amines is 2. The van der Waals surface area contributed by atoms with Gasteiger partial charge in [0, 0.05) is 60.8 Å². The van der Waals surface area contributed by atoms with Crippen LogP contribution in [0.3, 0.4) is 0 Å². The van der Waals surface area contributed by atoms with E-state index in [4.69, 9.17) is 24.7 Å². The minimum Gasteiger partial charge on any atom is -0.493 e. The number of rotatable bonds is 6. The van der Waals surface area contributed by atoms with Gasteiger partial charge in [0.1, 0.15) is 23.3 Å². The number of anilines is 1. The second-order valence-electron chi connectivity index (χ2n) is 13.5. The summed E-state index contributed by atoms with van der Waals surface area (Å²) in [6, 6.07) is 20.2. The van der Waals surface area contributed by atoms with Crippen LogP contribution >= 0.6 is 0 Å². The first kappa shape index (κ1) is 37.5. The van der Waals surface area contributed by atoms with Crippen molar-refractivity contribution in [1.29, 1.82) is 0 Å². The second kappa shape index (κ2) is 15.6. The highest BCUT2D eigenvalue weighted by Gasteiger charge is 2.16. The summed E-state index contributed by atoms with van der Waals surface area (Å²) in [5.41, 5.74) is 10.5. The highest BCUT2D eigenvalue weighted by molar-refractivity contribution is 5.83. The van der Waals surface area contributed by atoms with Crippen LogP contribution in [-0.2, 0) is 19.3 Å². The molecule has 292 valence electrons. The average Bonchev–Trinajstić information content (AvgIpc) is 3.21. The van der Waals surface area contributed by atoms with E-state index < -0.39 is 11.6 Å². The number of aromatic nitrogens is 6. The molecule has 58 heavy (non-hydrogen) atoms. The van der Waals surface area contributed by atoms with E-state index in [0.717, 1.165) is 40.6 Å². The van der Waals surface area contributed by atoms with Gasteiger partial charge in [-0.3, -0.25) is 19.6 Å². The van der Waals surface area contributed by atoms with Gasteiger partial charge in [0.25, 0.3) is 11.1 Å². The first-order valence-corrected chi connectivity index (χ1v) is 18.0. The van der Waals surface area contributed by atoms with Gasteiger partial charge in [0.05, 0.1) is 66.6 Å². The Hall–Kier alpha value is -7.42. The van der Waals surface area contributed by atoms with E-state index in [1.165, 1.54) is 26.0 Å². The normalized spacial score (nSPS) is 12.1. The number of ether oxygens (including phenoxy) is 4. The molecule has 5 heterocycles. The quantitative estimate of drug-likeness (QED) is 0.158. The van der Waals surface area contributed by atoms with Crippen LogP contribution in [0.5, 0.6) is 23.0 Å². The minimum atomic E-state index is -0.842. The maximum Gasteiger partial charge on any atom is 0.258 e. The predicted molar refractivity (Wildman–Crippen MR) is 215 cm³/mol. The van der Waals surface area contributed by atoms with Crippen molar-refractivity contribution >= 4 is 38.4 Å². The summed E-state index contributed by atoms with van der Waals surface area (Å²) in [5, 5.41) is 1.92. The minimum absolute atomic E-state index is 0.169. The van der Waals surface area contributed by atoms with Gasteiger partial charge in [-0.25, -0.2) is 18.7 Å². The standard InChI is InChI=1S/C22H18F2N4O3.C21H17N3O3/c1-30-18-8-14-17(9-19(18)31-2)27-20(28-22(14)29)5-11-3-4-16(26-10-11)13-6-12(23)7-15(24)21(13)25;1-26-18-9-15-17-10-19(18)27-5-4-12-2-3-16-14(6-12)7-13(11-22-16)8-20(23-17)24-21(15)25/h3-4,6-10H,5,25H2,1-2H3,(H,27,28,29);2-3,6-7,9-11H,4-5,8H2,1H3,(H,23,24,25). The Bertz CT molecular complexity index is 2990. The Morgan fingerprint density at radius 3 is 2.22 bits per heavy atom. The van der Waals surface area contributed by atoms with Crippen LogP contribution in [0, 0.1) is 11.6 Å². The highest BCUT2D eigenvalue weighted by atomic mass is 19.1. The van der Waals surface area contributed by atoms with Crippen molar-refractivity contribution < 1.29 is 27.7 Å². The van der Waals surface area contributed by atoms with Crippen LogP contribution in [0.4, 0.5) is 14.5 Å². The zero-order chi connectivity index (χ0) is 40.5. The van der Waals surface area contributed by atoms with E-state index in [0.29, 0.717) is 81.6 Å². The van der Waals surface area contributed by atoms with E-state index in [9.17, 15) is 18.4 Å². The monoisotopic (exact) mass is 783 g/mol. The molecule has 4 aromatic heterocycles. The summed E-state index contributed by atoms with van der Waals surface area (Å²) < 4.78 is 49.1. The lowest BCUT2D eigenvalue weighted by atomic mass is 10.1. The number of nitrogen functional groups attached to an aromatic ring is 1. The van der Waals surface area contributed by atoms with Crippen molar-refractivity contribution in [2.75, 3.05) is 33.7 Å². The molecule has 0 fully saturated rings. The van der Waals surface area contributed by atoms with Crippen molar-refractivity contribution in [3.63, 3.8) is 0 Å². The van der Waals surface area contributed by atoms with Crippen molar-refractivity contribution in [3.8, 4) is 34.3 Å². The van der Waals surface area contributed by atoms with Crippen LogP contribution < -0.4 is 35.8 Å². The molecule has 13 nitrogen and oxygen atoms in total. The van der Waals surface area contributed by atoms with Gasteiger partial charge >= 0.3 is 0 Å². The number of fused-ring (bicyclic) bond motifs is 5. The Morgan fingerprint density at radius 1 is 0.741 bits per heavy atom. The fourth-order valence-corrected chi connectivity index (χ4v) is 6.78. The average molecular weight is 784 g/mol. The van der Waals surface area contributed by atoms with Gasteiger partial charge < -0.3 is 34.6 Å². The Kier molecular flexibility index (Phi) is 10.1. The molecule has 6 bridgehead atoms. The second-order valence-corrected chi connectivity index (χ2v) is 13.5. The van der Waals surface area contributed by atoms with E-state index in [2.05, 4.69) is 48.1 Å². The van der Waals surface area contributed by atoms with Crippen LogP contribution in [0.1, 0.15) is 28.3 Å². The molecule has 0 saturated carbocycles. The van der Waals surface area contributed by atoms with Crippen molar-refractivity contribution in [2.45, 2.75) is 19.3 Å². The number of benzene rings is 4. The SMILES string of the molecule is COc1cc2c(=O)[nH]c3nc2cc1OCCc1ccc2ncc(cc2c1)C3.COc1cc2nc(Cc3ccc(-c4cc(F)cc(F)c4N)nc3)[nH]c(=O)c2cc1OC. The molecule has 4 N–H and O–H groups in total. The van der Waals surface area contributed by atoms with Crippen molar-refractivity contribution in [2.24, 2.45) is 0 Å². The summed E-state index contributed by atoms with van der Waals surface area (Å²) in [7, 11) is 4.56. The lowest BCUT2D eigenvalue weighted by Gasteiger charge is -2.13. The smallest absolute Gasteiger partial charge is 0.258 e.